The fourth-order valence-electron chi connectivity index (χ4n) is 2.06. The lowest BCUT2D eigenvalue weighted by molar-refractivity contribution is 0.243. The molecule has 2 N–H and O–H groups in total. The van der Waals surface area contributed by atoms with Crippen LogP contribution >= 0.6 is 0 Å². The first-order valence-corrected chi connectivity index (χ1v) is 7.91. The van der Waals surface area contributed by atoms with E-state index >= 15 is 0 Å². The molecule has 0 radical (unpaired) electrons. The molecule has 7 heteroatoms. The quantitative estimate of drug-likeness (QED) is 0.845. The molecule has 0 bridgehead atoms. The van der Waals surface area contributed by atoms with Gasteiger partial charge < -0.3 is 10.3 Å². The van der Waals surface area contributed by atoms with E-state index in [4.69, 9.17) is 5.73 Å². The molecule has 0 aliphatic carbocycles. The number of aromatic nitrogens is 2. The Morgan fingerprint density at radius 3 is 2.37 bits per heavy atom. The molecule has 0 aliphatic heterocycles. The van der Waals surface area contributed by atoms with Crippen LogP contribution in [-0.2, 0) is 16.6 Å². The summed E-state index contributed by atoms with van der Waals surface area (Å²) >= 11 is 0. The molecule has 0 saturated carbocycles. The fourth-order valence-corrected chi connectivity index (χ4v) is 3.86. The molecular weight excluding hydrogens is 264 g/mol. The van der Waals surface area contributed by atoms with Gasteiger partial charge in [-0.05, 0) is 27.7 Å². The number of hydrogen-bond acceptors (Lipinski definition) is 4. The van der Waals surface area contributed by atoms with Crippen LogP contribution in [0.5, 0.6) is 0 Å². The molecule has 110 valence electrons. The van der Waals surface area contributed by atoms with Crippen molar-refractivity contribution < 1.29 is 8.42 Å². The topological polar surface area (TPSA) is 81.2 Å². The van der Waals surface area contributed by atoms with Crippen LogP contribution in [0.4, 0.5) is 0 Å². The van der Waals surface area contributed by atoms with Crippen molar-refractivity contribution >= 4 is 10.0 Å². The van der Waals surface area contributed by atoms with Crippen LogP contribution in [0.1, 0.15) is 33.5 Å². The van der Waals surface area contributed by atoms with E-state index in [9.17, 15) is 8.42 Å². The molecular formula is C12H24N4O2S. The molecule has 1 rings (SSSR count). The number of nitrogens with two attached hydrogens (primary N) is 1. The second kappa shape index (κ2) is 5.60. The Balaban J connectivity index is 3.28. The van der Waals surface area contributed by atoms with E-state index in [2.05, 4.69) is 4.98 Å². The molecule has 1 aromatic heterocycles. The van der Waals surface area contributed by atoms with Crippen molar-refractivity contribution in [3.63, 3.8) is 0 Å². The highest BCUT2D eigenvalue weighted by molar-refractivity contribution is 7.89. The molecule has 0 spiro atoms. The Hall–Kier alpha value is -0.920. The summed E-state index contributed by atoms with van der Waals surface area (Å²) in [5, 5.41) is 0.0928. The van der Waals surface area contributed by atoms with Crippen molar-refractivity contribution in [3.8, 4) is 0 Å². The highest BCUT2D eigenvalue weighted by Gasteiger charge is 2.36. The number of imidazole rings is 1. The second-order valence-electron chi connectivity index (χ2n) is 5.10. The van der Waals surface area contributed by atoms with E-state index in [0.29, 0.717) is 18.9 Å². The van der Waals surface area contributed by atoms with E-state index in [1.54, 1.807) is 20.0 Å². The second-order valence-corrected chi connectivity index (χ2v) is 6.91. The summed E-state index contributed by atoms with van der Waals surface area (Å²) in [6.07, 6.45) is 1.58. The van der Waals surface area contributed by atoms with E-state index in [-0.39, 0.29) is 11.6 Å². The third-order valence-corrected chi connectivity index (χ3v) is 5.37. The summed E-state index contributed by atoms with van der Waals surface area (Å²) < 4.78 is 28.5. The normalized spacial score (nSPS) is 13.2. The zero-order chi connectivity index (χ0) is 14.8. The Bertz CT molecular complexity index is 534. The molecule has 19 heavy (non-hydrogen) atoms. The zero-order valence-electron chi connectivity index (χ0n) is 12.3. The molecule has 0 amide bonds. The van der Waals surface area contributed by atoms with Gasteiger partial charge in [-0.15, -0.1) is 0 Å². The lowest BCUT2D eigenvalue weighted by Gasteiger charge is -2.35. The maximum absolute atomic E-state index is 12.6. The summed E-state index contributed by atoms with van der Waals surface area (Å²) in [5.74, 6) is 0.697. The van der Waals surface area contributed by atoms with Gasteiger partial charge >= 0.3 is 0 Å². The van der Waals surface area contributed by atoms with Gasteiger partial charge in [-0.2, -0.15) is 4.31 Å². The average Bonchev–Trinajstić information content (AvgIpc) is 2.71. The number of nitrogens with zero attached hydrogens (tertiary/aromatic N) is 3. The average molecular weight is 288 g/mol. The minimum absolute atomic E-state index is 0.0928. The van der Waals surface area contributed by atoms with Crippen molar-refractivity contribution in [3.05, 3.63) is 12.0 Å². The molecule has 0 unspecified atom stereocenters. The highest BCUT2D eigenvalue weighted by Crippen LogP contribution is 2.23. The number of hydrogen-bond donors (Lipinski definition) is 1. The van der Waals surface area contributed by atoms with Gasteiger partial charge in [0.1, 0.15) is 5.82 Å². The molecule has 0 aliphatic rings. The Morgan fingerprint density at radius 2 is 2.00 bits per heavy atom. The van der Waals surface area contributed by atoms with Gasteiger partial charge in [0.15, 0.2) is 5.03 Å². The molecule has 0 aromatic carbocycles. The molecule has 0 saturated heterocycles. The van der Waals surface area contributed by atoms with E-state index in [0.717, 1.165) is 0 Å². The first-order valence-electron chi connectivity index (χ1n) is 6.47. The van der Waals surface area contributed by atoms with Gasteiger partial charge in [0, 0.05) is 31.4 Å². The number of likely N-dealkylation sites (N-methyl/N-ethyl adjacent to an activating group) is 1. The van der Waals surface area contributed by atoms with Crippen molar-refractivity contribution in [2.24, 2.45) is 5.73 Å². The summed E-state index contributed by atoms with van der Waals surface area (Å²) in [4.78, 5) is 4.16. The van der Waals surface area contributed by atoms with Crippen LogP contribution in [-0.4, -0.2) is 40.9 Å². The molecule has 6 nitrogen and oxygen atoms in total. The summed E-state index contributed by atoms with van der Waals surface area (Å²) in [6.45, 7) is 10.5. The van der Waals surface area contributed by atoms with Gasteiger partial charge in [0.25, 0.3) is 10.0 Å². The fraction of sp³-hybridized carbons (Fsp3) is 0.750. The van der Waals surface area contributed by atoms with Crippen molar-refractivity contribution in [1.82, 2.24) is 13.9 Å². The van der Waals surface area contributed by atoms with Crippen LogP contribution in [0, 0.1) is 6.92 Å². The minimum Gasteiger partial charge on any atom is -0.334 e. The molecule has 1 aromatic rings. The summed E-state index contributed by atoms with van der Waals surface area (Å²) in [5.41, 5.74) is 5.06. The van der Waals surface area contributed by atoms with Crippen LogP contribution in [0.3, 0.4) is 0 Å². The summed E-state index contributed by atoms with van der Waals surface area (Å²) in [7, 11) is -3.61. The van der Waals surface area contributed by atoms with Gasteiger partial charge in [-0.3, -0.25) is 0 Å². The van der Waals surface area contributed by atoms with Gasteiger partial charge in [0.2, 0.25) is 0 Å². The highest BCUT2D eigenvalue weighted by atomic mass is 32.2. The van der Waals surface area contributed by atoms with Gasteiger partial charge in [-0.1, -0.05) is 6.92 Å². The lowest BCUT2D eigenvalue weighted by Crippen LogP contribution is -2.52. The van der Waals surface area contributed by atoms with Crippen molar-refractivity contribution in [1.29, 1.82) is 0 Å². The predicted octanol–water partition coefficient (Wildman–Crippen LogP) is 0.959. The Labute approximate surface area is 115 Å². The maximum atomic E-state index is 12.6. The molecule has 0 fully saturated rings. The third-order valence-electron chi connectivity index (χ3n) is 3.31. The lowest BCUT2D eigenvalue weighted by atomic mass is 10.1. The molecule has 1 heterocycles. The smallest absolute Gasteiger partial charge is 0.262 e. The first-order chi connectivity index (χ1) is 8.70. The van der Waals surface area contributed by atoms with Gasteiger partial charge in [0.05, 0.1) is 0 Å². The van der Waals surface area contributed by atoms with Crippen LogP contribution in [0.2, 0.25) is 0 Å². The maximum Gasteiger partial charge on any atom is 0.262 e. The van der Waals surface area contributed by atoms with Crippen LogP contribution in [0.15, 0.2) is 11.2 Å². The number of sulfonamides is 1. The molecule has 0 atom stereocenters. The van der Waals surface area contributed by atoms with E-state index < -0.39 is 15.6 Å². The minimum atomic E-state index is -3.61. The van der Waals surface area contributed by atoms with Crippen molar-refractivity contribution in [2.75, 3.05) is 13.1 Å². The van der Waals surface area contributed by atoms with E-state index in [1.807, 2.05) is 25.3 Å². The third kappa shape index (κ3) is 2.98. The number of rotatable bonds is 6. The Morgan fingerprint density at radius 1 is 1.42 bits per heavy atom. The standard InChI is InChI=1S/C12H24N4O2S/c1-6-15-8-11(14-10(15)3)19(17,18)16(7-2)12(4,5)9-13/h8H,6-7,9,13H2,1-5H3. The van der Waals surface area contributed by atoms with Crippen molar-refractivity contribution in [2.45, 2.75) is 51.7 Å². The Kier molecular flexibility index (Phi) is 4.76. The summed E-state index contributed by atoms with van der Waals surface area (Å²) in [6, 6.07) is 0. The SMILES string of the molecule is CCN(C(C)(C)CN)S(=O)(=O)c1cn(CC)c(C)n1. The largest absolute Gasteiger partial charge is 0.334 e. The van der Waals surface area contributed by atoms with E-state index in [1.165, 1.54) is 4.31 Å². The van der Waals surface area contributed by atoms with Crippen LogP contribution in [0.25, 0.3) is 0 Å². The van der Waals surface area contributed by atoms with Gasteiger partial charge in [-0.25, -0.2) is 13.4 Å². The predicted molar refractivity (Wildman–Crippen MR) is 75.3 cm³/mol. The van der Waals surface area contributed by atoms with Crippen LogP contribution < -0.4 is 5.73 Å². The first kappa shape index (κ1) is 16.1. The number of aryl methyl sites for hydroxylation is 2. The monoisotopic (exact) mass is 288 g/mol. The zero-order valence-corrected chi connectivity index (χ0v) is 13.2.